The number of carbonyl (C=O) groups is 1. The molecular weight excluding hydrogens is 364 g/mol. The van der Waals surface area contributed by atoms with Gasteiger partial charge in [0.1, 0.15) is 16.0 Å². The zero-order valence-electron chi connectivity index (χ0n) is 14.3. The summed E-state index contributed by atoms with van der Waals surface area (Å²) in [5.41, 5.74) is 3.91. The normalized spacial score (nSPS) is 11.3. The minimum Gasteiger partial charge on any atom is -0.462 e. The fourth-order valence-electron chi connectivity index (χ4n) is 2.88. The molecule has 0 aliphatic heterocycles. The average Bonchev–Trinajstić information content (AvgIpc) is 3.20. The van der Waals surface area contributed by atoms with Gasteiger partial charge in [-0.2, -0.15) is 0 Å². The van der Waals surface area contributed by atoms with Crippen LogP contribution < -0.4 is 0 Å². The molecule has 0 unspecified atom stereocenters. The molecule has 3 aromatic heterocycles. The van der Waals surface area contributed by atoms with Gasteiger partial charge in [0, 0.05) is 11.9 Å². The van der Waals surface area contributed by atoms with E-state index in [1.807, 2.05) is 37.4 Å². The Hall–Kier alpha value is -2.31. The van der Waals surface area contributed by atoms with Crippen molar-refractivity contribution in [3.8, 4) is 0 Å². The summed E-state index contributed by atoms with van der Waals surface area (Å²) in [6, 6.07) is 16.3. The Balaban J connectivity index is 1.69. The van der Waals surface area contributed by atoms with Crippen molar-refractivity contribution in [3.05, 3.63) is 65.2 Å². The summed E-state index contributed by atoms with van der Waals surface area (Å²) in [6.45, 7) is 2.18. The molecule has 1 aromatic carbocycles. The van der Waals surface area contributed by atoms with E-state index in [2.05, 4.69) is 33.7 Å². The van der Waals surface area contributed by atoms with Crippen LogP contribution in [-0.4, -0.2) is 27.7 Å². The quantitative estimate of drug-likeness (QED) is 0.345. The SMILES string of the molecule is CCOC(=O)c1sc(SCCc2ccccc2)c2c1nc1ccccn12. The smallest absolute Gasteiger partial charge is 0.350 e. The Morgan fingerprint density at radius 2 is 2.00 bits per heavy atom. The first-order valence-corrected chi connectivity index (χ1v) is 10.3. The van der Waals surface area contributed by atoms with E-state index >= 15 is 0 Å². The first-order valence-electron chi connectivity index (χ1n) is 8.51. The second-order valence-corrected chi connectivity index (χ2v) is 8.15. The maximum Gasteiger partial charge on any atom is 0.350 e. The number of fused-ring (bicyclic) bond motifs is 3. The molecular formula is C20H18N2O2S2. The second kappa shape index (κ2) is 7.51. The highest BCUT2D eigenvalue weighted by atomic mass is 32.2. The molecule has 0 atom stereocenters. The van der Waals surface area contributed by atoms with Gasteiger partial charge in [-0.1, -0.05) is 36.4 Å². The van der Waals surface area contributed by atoms with Crippen molar-refractivity contribution in [2.45, 2.75) is 17.6 Å². The number of aryl methyl sites for hydroxylation is 1. The fraction of sp³-hybridized carbons (Fsp3) is 0.200. The van der Waals surface area contributed by atoms with Crippen LogP contribution in [-0.2, 0) is 11.2 Å². The Kier molecular flexibility index (Phi) is 4.95. The van der Waals surface area contributed by atoms with Crippen molar-refractivity contribution in [1.29, 1.82) is 0 Å². The summed E-state index contributed by atoms with van der Waals surface area (Å²) in [4.78, 5) is 17.6. The van der Waals surface area contributed by atoms with Gasteiger partial charge in [-0.3, -0.25) is 4.40 Å². The molecule has 0 spiro atoms. The number of esters is 1. The number of thiophene rings is 1. The third-order valence-electron chi connectivity index (χ3n) is 4.06. The van der Waals surface area contributed by atoms with E-state index in [9.17, 15) is 4.79 Å². The molecule has 3 heterocycles. The highest BCUT2D eigenvalue weighted by Gasteiger charge is 2.23. The van der Waals surface area contributed by atoms with Crippen LogP contribution >= 0.6 is 23.1 Å². The highest BCUT2D eigenvalue weighted by Crippen LogP contribution is 2.39. The number of carbonyl (C=O) groups excluding carboxylic acids is 1. The van der Waals surface area contributed by atoms with Crippen LogP contribution in [0.15, 0.2) is 58.9 Å². The first-order chi connectivity index (χ1) is 12.8. The molecule has 0 aliphatic rings. The van der Waals surface area contributed by atoms with Gasteiger partial charge in [0.15, 0.2) is 0 Å². The lowest BCUT2D eigenvalue weighted by Gasteiger charge is -2.01. The molecule has 0 N–H and O–H groups in total. The Morgan fingerprint density at radius 3 is 2.81 bits per heavy atom. The summed E-state index contributed by atoms with van der Waals surface area (Å²) in [7, 11) is 0. The van der Waals surface area contributed by atoms with Gasteiger partial charge in [-0.25, -0.2) is 9.78 Å². The van der Waals surface area contributed by atoms with Crippen LogP contribution in [0.3, 0.4) is 0 Å². The Bertz CT molecular complexity index is 1050. The van der Waals surface area contributed by atoms with Crippen LogP contribution in [0, 0.1) is 0 Å². The molecule has 0 amide bonds. The van der Waals surface area contributed by atoms with E-state index < -0.39 is 0 Å². The van der Waals surface area contributed by atoms with Crippen LogP contribution in [0.1, 0.15) is 22.2 Å². The third kappa shape index (κ3) is 3.22. The maximum absolute atomic E-state index is 12.4. The molecule has 0 saturated heterocycles. The number of thioether (sulfide) groups is 1. The minimum atomic E-state index is -0.291. The van der Waals surface area contributed by atoms with E-state index in [-0.39, 0.29) is 5.97 Å². The number of rotatable bonds is 6. The van der Waals surface area contributed by atoms with Crippen molar-refractivity contribution in [2.24, 2.45) is 0 Å². The Labute approximate surface area is 159 Å². The predicted molar refractivity (Wildman–Crippen MR) is 107 cm³/mol. The molecule has 6 heteroatoms. The lowest BCUT2D eigenvalue weighted by Crippen LogP contribution is -2.02. The van der Waals surface area contributed by atoms with Crippen LogP contribution in [0.4, 0.5) is 0 Å². The average molecular weight is 383 g/mol. The number of imidazole rings is 1. The first kappa shape index (κ1) is 17.1. The molecule has 4 rings (SSSR count). The van der Waals surface area contributed by atoms with Crippen LogP contribution in [0.2, 0.25) is 0 Å². The monoisotopic (exact) mass is 382 g/mol. The van der Waals surface area contributed by atoms with Gasteiger partial charge in [0.2, 0.25) is 0 Å². The van der Waals surface area contributed by atoms with Crippen molar-refractivity contribution in [2.75, 3.05) is 12.4 Å². The fourth-order valence-corrected chi connectivity index (χ4v) is 5.33. The van der Waals surface area contributed by atoms with Crippen molar-refractivity contribution in [1.82, 2.24) is 9.38 Å². The molecule has 0 fully saturated rings. The molecule has 4 nitrogen and oxygen atoms in total. The molecule has 0 saturated carbocycles. The summed E-state index contributed by atoms with van der Waals surface area (Å²) in [6.07, 6.45) is 2.98. The third-order valence-corrected chi connectivity index (χ3v) is 6.47. The molecule has 132 valence electrons. The predicted octanol–water partition coefficient (Wildman–Crippen LogP) is 5.06. The highest BCUT2D eigenvalue weighted by molar-refractivity contribution is 8.01. The summed E-state index contributed by atoms with van der Waals surface area (Å²) in [5.74, 6) is 0.655. The van der Waals surface area contributed by atoms with Gasteiger partial charge in [-0.15, -0.1) is 23.1 Å². The zero-order valence-corrected chi connectivity index (χ0v) is 16.0. The zero-order chi connectivity index (χ0) is 17.9. The lowest BCUT2D eigenvalue weighted by molar-refractivity contribution is 0.0534. The molecule has 0 bridgehead atoms. The number of ether oxygens (including phenoxy) is 1. The van der Waals surface area contributed by atoms with Gasteiger partial charge < -0.3 is 4.74 Å². The number of hydrogen-bond donors (Lipinski definition) is 0. The number of benzene rings is 1. The van der Waals surface area contributed by atoms with E-state index in [0.29, 0.717) is 11.5 Å². The van der Waals surface area contributed by atoms with Gasteiger partial charge in [0.25, 0.3) is 0 Å². The Morgan fingerprint density at radius 1 is 1.19 bits per heavy atom. The number of nitrogens with zero attached hydrogens (tertiary/aromatic N) is 2. The number of pyridine rings is 1. The van der Waals surface area contributed by atoms with Gasteiger partial charge >= 0.3 is 5.97 Å². The van der Waals surface area contributed by atoms with E-state index in [4.69, 9.17) is 4.74 Å². The van der Waals surface area contributed by atoms with Crippen molar-refractivity contribution < 1.29 is 9.53 Å². The maximum atomic E-state index is 12.4. The summed E-state index contributed by atoms with van der Waals surface area (Å²) < 4.78 is 8.40. The van der Waals surface area contributed by atoms with Crippen molar-refractivity contribution in [3.63, 3.8) is 0 Å². The standard InChI is InChI=1S/C20H18N2O2S2/c1-2-24-19(23)18-16-17(22-12-7-6-10-15(22)21-16)20(26-18)25-13-11-14-8-4-3-5-9-14/h3-10,12H,2,11,13H2,1H3. The van der Waals surface area contributed by atoms with Crippen LogP contribution in [0.25, 0.3) is 16.7 Å². The topological polar surface area (TPSA) is 43.6 Å². The second-order valence-electron chi connectivity index (χ2n) is 5.76. The number of aromatic nitrogens is 2. The summed E-state index contributed by atoms with van der Waals surface area (Å²) in [5, 5.41) is 0. The molecule has 0 radical (unpaired) electrons. The van der Waals surface area contributed by atoms with E-state index in [1.165, 1.54) is 16.9 Å². The minimum absolute atomic E-state index is 0.291. The number of hydrogen-bond acceptors (Lipinski definition) is 5. The largest absolute Gasteiger partial charge is 0.462 e. The molecule has 26 heavy (non-hydrogen) atoms. The van der Waals surface area contributed by atoms with Crippen LogP contribution in [0.5, 0.6) is 0 Å². The van der Waals surface area contributed by atoms with Crippen molar-refractivity contribution >= 4 is 45.7 Å². The van der Waals surface area contributed by atoms with Gasteiger partial charge in [0.05, 0.1) is 16.3 Å². The van der Waals surface area contributed by atoms with E-state index in [0.717, 1.165) is 33.1 Å². The lowest BCUT2D eigenvalue weighted by atomic mass is 10.2. The molecule has 4 aromatic rings. The van der Waals surface area contributed by atoms with Gasteiger partial charge in [-0.05, 0) is 31.0 Å². The summed E-state index contributed by atoms with van der Waals surface area (Å²) >= 11 is 3.25. The van der Waals surface area contributed by atoms with E-state index in [1.54, 1.807) is 11.8 Å². The molecule has 0 aliphatic carbocycles.